The van der Waals surface area contributed by atoms with Gasteiger partial charge in [-0.2, -0.15) is 0 Å². The summed E-state index contributed by atoms with van der Waals surface area (Å²) in [5.74, 6) is 0. The molecule has 0 bridgehead atoms. The first-order valence-corrected chi connectivity index (χ1v) is 6.85. The van der Waals surface area contributed by atoms with E-state index in [0.29, 0.717) is 4.90 Å². The smallest absolute Gasteiger partial charge is 0.182 e. The second kappa shape index (κ2) is 4.45. The van der Waals surface area contributed by atoms with Crippen LogP contribution in [0.3, 0.4) is 0 Å². The van der Waals surface area contributed by atoms with Crippen molar-refractivity contribution >= 4 is 25.8 Å². The van der Waals surface area contributed by atoms with Gasteiger partial charge in [-0.1, -0.05) is 41.1 Å². The Labute approximate surface area is 93.4 Å². The van der Waals surface area contributed by atoms with E-state index in [-0.39, 0.29) is 4.83 Å². The van der Waals surface area contributed by atoms with Crippen LogP contribution in [0, 0.1) is 0 Å². The quantitative estimate of drug-likeness (QED) is 0.796. The van der Waals surface area contributed by atoms with Crippen molar-refractivity contribution in [1.29, 1.82) is 0 Å². The van der Waals surface area contributed by atoms with Gasteiger partial charge in [-0.15, -0.1) is 0 Å². The van der Waals surface area contributed by atoms with Crippen molar-refractivity contribution in [3.63, 3.8) is 0 Å². The van der Waals surface area contributed by atoms with Gasteiger partial charge in [0.1, 0.15) is 0 Å². The molecule has 0 radical (unpaired) electrons. The number of sulfone groups is 1. The number of halogens is 1. The number of hydrogen-bond acceptors (Lipinski definition) is 2. The molecule has 0 N–H and O–H groups in total. The summed E-state index contributed by atoms with van der Waals surface area (Å²) in [4.78, 5) is 0.339. The van der Waals surface area contributed by atoms with E-state index in [2.05, 4.69) is 15.9 Å². The monoisotopic (exact) mass is 276 g/mol. The van der Waals surface area contributed by atoms with Gasteiger partial charge in [-0.05, 0) is 19.1 Å². The molecule has 0 heterocycles. The molecule has 0 fully saturated rings. The van der Waals surface area contributed by atoms with E-state index in [9.17, 15) is 8.42 Å². The summed E-state index contributed by atoms with van der Waals surface area (Å²) in [6, 6.07) is 8.53. The zero-order valence-electron chi connectivity index (χ0n) is 8.14. The molecule has 1 rings (SSSR count). The van der Waals surface area contributed by atoms with Gasteiger partial charge in [-0.3, -0.25) is 0 Å². The van der Waals surface area contributed by atoms with Crippen molar-refractivity contribution < 1.29 is 8.42 Å². The standard InChI is InChI=1S/C10H13BrO2S/c1-8(11)9(2)14(12,13)10-6-4-3-5-7-10/h3-9H,1-2H3/t8-,9+/m0/s1. The number of hydrogen-bond donors (Lipinski definition) is 0. The topological polar surface area (TPSA) is 34.1 Å². The van der Waals surface area contributed by atoms with Gasteiger partial charge in [-0.25, -0.2) is 8.42 Å². The average Bonchev–Trinajstić information content (AvgIpc) is 2.18. The van der Waals surface area contributed by atoms with Gasteiger partial charge < -0.3 is 0 Å². The molecule has 78 valence electrons. The minimum Gasteiger partial charge on any atom is -0.223 e. The Morgan fingerprint density at radius 1 is 1.14 bits per heavy atom. The molecule has 4 heteroatoms. The van der Waals surface area contributed by atoms with Gasteiger partial charge in [0.2, 0.25) is 0 Å². The molecule has 0 saturated heterocycles. The second-order valence-corrected chi connectivity index (χ2v) is 6.99. The fourth-order valence-electron chi connectivity index (χ4n) is 1.07. The van der Waals surface area contributed by atoms with E-state index in [1.54, 1.807) is 37.3 Å². The Bertz CT molecular complexity index is 384. The van der Waals surface area contributed by atoms with Crippen LogP contribution < -0.4 is 0 Å². The first kappa shape index (κ1) is 11.7. The predicted molar refractivity (Wildman–Crippen MR) is 61.5 cm³/mol. The van der Waals surface area contributed by atoms with Crippen LogP contribution in [0.1, 0.15) is 13.8 Å². The molecule has 1 aromatic rings. The third kappa shape index (κ3) is 2.36. The molecule has 0 unspecified atom stereocenters. The summed E-state index contributed by atoms with van der Waals surface area (Å²) in [7, 11) is -3.19. The normalized spacial score (nSPS) is 16.2. The predicted octanol–water partition coefficient (Wildman–Crippen LogP) is 2.63. The van der Waals surface area contributed by atoms with E-state index in [0.717, 1.165) is 0 Å². The number of rotatable bonds is 3. The van der Waals surface area contributed by atoms with E-state index in [1.807, 2.05) is 6.92 Å². The van der Waals surface area contributed by atoms with E-state index in [1.165, 1.54) is 0 Å². The molecule has 0 spiro atoms. The Balaban J connectivity index is 3.10. The highest BCUT2D eigenvalue weighted by Gasteiger charge is 2.26. The molecule has 0 saturated carbocycles. The van der Waals surface area contributed by atoms with Gasteiger partial charge in [0.25, 0.3) is 0 Å². The first-order valence-electron chi connectivity index (χ1n) is 4.39. The minimum absolute atomic E-state index is 0.0484. The lowest BCUT2D eigenvalue weighted by Crippen LogP contribution is -2.25. The van der Waals surface area contributed by atoms with Crippen LogP contribution in [0.4, 0.5) is 0 Å². The van der Waals surface area contributed by atoms with E-state index >= 15 is 0 Å². The first-order chi connectivity index (χ1) is 6.46. The average molecular weight is 277 g/mol. The third-order valence-electron chi connectivity index (χ3n) is 2.21. The Kier molecular flexibility index (Phi) is 3.72. The number of benzene rings is 1. The summed E-state index contributed by atoms with van der Waals surface area (Å²) < 4.78 is 23.9. The molecular formula is C10H13BrO2S. The fraction of sp³-hybridized carbons (Fsp3) is 0.400. The van der Waals surface area contributed by atoms with Gasteiger partial charge in [0.15, 0.2) is 9.84 Å². The summed E-state index contributed by atoms with van der Waals surface area (Å²) in [6.45, 7) is 3.55. The molecule has 0 aliphatic carbocycles. The van der Waals surface area contributed by atoms with Gasteiger partial charge in [0, 0.05) is 4.83 Å². The third-order valence-corrected chi connectivity index (χ3v) is 5.67. The molecule has 0 aliphatic heterocycles. The van der Waals surface area contributed by atoms with E-state index < -0.39 is 15.1 Å². The van der Waals surface area contributed by atoms with Crippen LogP contribution in [0.15, 0.2) is 35.2 Å². The van der Waals surface area contributed by atoms with Gasteiger partial charge >= 0.3 is 0 Å². The highest BCUT2D eigenvalue weighted by Crippen LogP contribution is 2.21. The van der Waals surface area contributed by atoms with Crippen molar-refractivity contribution in [2.75, 3.05) is 0 Å². The maximum absolute atomic E-state index is 11.9. The summed E-state index contributed by atoms with van der Waals surface area (Å²) in [5.41, 5.74) is 0. The van der Waals surface area contributed by atoms with Crippen LogP contribution in [0.5, 0.6) is 0 Å². The highest BCUT2D eigenvalue weighted by atomic mass is 79.9. The van der Waals surface area contributed by atoms with Crippen molar-refractivity contribution in [2.24, 2.45) is 0 Å². The molecule has 1 aromatic carbocycles. The van der Waals surface area contributed by atoms with Crippen molar-refractivity contribution in [1.82, 2.24) is 0 Å². The lowest BCUT2D eigenvalue weighted by molar-refractivity contribution is 0.583. The highest BCUT2D eigenvalue weighted by molar-refractivity contribution is 9.09. The fourth-order valence-corrected chi connectivity index (χ4v) is 3.38. The molecule has 2 nitrogen and oxygen atoms in total. The zero-order valence-corrected chi connectivity index (χ0v) is 10.5. The minimum atomic E-state index is -3.19. The lowest BCUT2D eigenvalue weighted by Gasteiger charge is -2.14. The second-order valence-electron chi connectivity index (χ2n) is 3.24. The van der Waals surface area contributed by atoms with Crippen LogP contribution in [-0.2, 0) is 9.84 Å². The van der Waals surface area contributed by atoms with Crippen molar-refractivity contribution in [3.05, 3.63) is 30.3 Å². The summed E-state index contributed by atoms with van der Waals surface area (Å²) in [6.07, 6.45) is 0. The molecule has 0 amide bonds. The van der Waals surface area contributed by atoms with Crippen LogP contribution in [-0.4, -0.2) is 18.5 Å². The summed E-state index contributed by atoms with van der Waals surface area (Å²) >= 11 is 3.29. The SMILES string of the molecule is C[C@H](Br)[C@@H](C)S(=O)(=O)c1ccccc1. The Morgan fingerprint density at radius 3 is 2.07 bits per heavy atom. The van der Waals surface area contributed by atoms with E-state index in [4.69, 9.17) is 0 Å². The lowest BCUT2D eigenvalue weighted by atomic mass is 10.4. The maximum Gasteiger partial charge on any atom is 0.182 e. The van der Waals surface area contributed by atoms with Crippen molar-refractivity contribution in [3.8, 4) is 0 Å². The van der Waals surface area contributed by atoms with Crippen molar-refractivity contribution in [2.45, 2.75) is 28.8 Å². The molecule has 0 aromatic heterocycles. The van der Waals surface area contributed by atoms with Crippen LogP contribution in [0.2, 0.25) is 0 Å². The Morgan fingerprint density at radius 2 is 1.64 bits per heavy atom. The number of alkyl halides is 1. The molecule has 2 atom stereocenters. The summed E-state index contributed by atoms with van der Waals surface area (Å²) in [5, 5.41) is -0.412. The zero-order chi connectivity index (χ0) is 10.8. The van der Waals surface area contributed by atoms with Gasteiger partial charge in [0.05, 0.1) is 10.1 Å². The Hall–Kier alpha value is -0.350. The van der Waals surface area contributed by atoms with Crippen LogP contribution >= 0.6 is 15.9 Å². The molecule has 14 heavy (non-hydrogen) atoms. The maximum atomic E-state index is 11.9. The molecular weight excluding hydrogens is 264 g/mol. The molecule has 0 aliphatic rings. The van der Waals surface area contributed by atoms with Crippen LogP contribution in [0.25, 0.3) is 0 Å². The largest absolute Gasteiger partial charge is 0.223 e.